The van der Waals surface area contributed by atoms with Crippen molar-refractivity contribution < 1.29 is 14.3 Å². The highest BCUT2D eigenvalue weighted by Crippen LogP contribution is 2.17. The van der Waals surface area contributed by atoms with Crippen LogP contribution in [0, 0.1) is 5.92 Å². The van der Waals surface area contributed by atoms with Gasteiger partial charge in [0.1, 0.15) is 12.2 Å². The van der Waals surface area contributed by atoms with E-state index in [0.29, 0.717) is 6.61 Å². The third kappa shape index (κ3) is 4.00. The summed E-state index contributed by atoms with van der Waals surface area (Å²) in [5.74, 6) is -0.344. The number of hydrogen-bond acceptors (Lipinski definition) is 4. The van der Waals surface area contributed by atoms with Crippen molar-refractivity contribution in [2.75, 3.05) is 26.7 Å². The van der Waals surface area contributed by atoms with Gasteiger partial charge in [0, 0.05) is 12.5 Å². The van der Waals surface area contributed by atoms with Crippen LogP contribution in [0.3, 0.4) is 0 Å². The number of piperidine rings is 1. The Morgan fingerprint density at radius 3 is 2.80 bits per heavy atom. The molecule has 1 aliphatic rings. The monoisotopic (exact) mass is 213 g/mol. The molecule has 1 rings (SSSR count). The van der Waals surface area contributed by atoms with Crippen molar-refractivity contribution in [2.45, 2.75) is 26.2 Å². The first-order chi connectivity index (χ1) is 7.13. The minimum Gasteiger partial charge on any atom is -0.466 e. The second-order valence-electron chi connectivity index (χ2n) is 4.05. The Balaban J connectivity index is 2.35. The quantitative estimate of drug-likeness (QED) is 0.513. The fourth-order valence-corrected chi connectivity index (χ4v) is 1.93. The standard InChI is InChI=1S/C11H19NO3/c1-3-15-11(14)7-10(13)9-5-4-6-12(2)8-9/h9H,3-8H2,1-2H3. The van der Waals surface area contributed by atoms with Crippen LogP contribution in [-0.4, -0.2) is 43.4 Å². The van der Waals surface area contributed by atoms with E-state index in [-0.39, 0.29) is 18.1 Å². The molecule has 0 saturated carbocycles. The van der Waals surface area contributed by atoms with Crippen LogP contribution in [0.4, 0.5) is 0 Å². The maximum Gasteiger partial charge on any atom is 0.313 e. The molecular weight excluding hydrogens is 194 g/mol. The highest BCUT2D eigenvalue weighted by Gasteiger charge is 2.25. The molecule has 0 bridgehead atoms. The third-order valence-corrected chi connectivity index (χ3v) is 2.70. The molecule has 0 N–H and O–H groups in total. The van der Waals surface area contributed by atoms with Gasteiger partial charge < -0.3 is 9.64 Å². The number of ether oxygens (including phenoxy) is 1. The molecule has 1 unspecified atom stereocenters. The van der Waals surface area contributed by atoms with Crippen molar-refractivity contribution >= 4 is 11.8 Å². The first-order valence-electron chi connectivity index (χ1n) is 5.50. The van der Waals surface area contributed by atoms with E-state index >= 15 is 0 Å². The Morgan fingerprint density at radius 2 is 2.20 bits per heavy atom. The van der Waals surface area contributed by atoms with E-state index in [1.54, 1.807) is 6.92 Å². The lowest BCUT2D eigenvalue weighted by Gasteiger charge is -2.28. The van der Waals surface area contributed by atoms with Gasteiger partial charge in [0.15, 0.2) is 0 Å². The van der Waals surface area contributed by atoms with E-state index in [2.05, 4.69) is 4.90 Å². The Labute approximate surface area is 90.6 Å². The minimum atomic E-state index is -0.393. The van der Waals surface area contributed by atoms with Crippen molar-refractivity contribution in [3.05, 3.63) is 0 Å². The first-order valence-corrected chi connectivity index (χ1v) is 5.50. The maximum atomic E-state index is 11.7. The molecule has 1 heterocycles. The van der Waals surface area contributed by atoms with Gasteiger partial charge in [0.2, 0.25) is 0 Å². The molecule has 0 aromatic rings. The molecule has 4 heteroatoms. The zero-order valence-electron chi connectivity index (χ0n) is 9.49. The molecule has 0 aromatic carbocycles. The summed E-state index contributed by atoms with van der Waals surface area (Å²) in [6.45, 7) is 3.91. The predicted molar refractivity (Wildman–Crippen MR) is 56.5 cm³/mol. The minimum absolute atomic E-state index is 0.0214. The Bertz CT molecular complexity index is 240. The number of ketones is 1. The van der Waals surface area contributed by atoms with Gasteiger partial charge in [0.25, 0.3) is 0 Å². The summed E-state index contributed by atoms with van der Waals surface area (Å²) < 4.78 is 4.76. The molecule has 0 radical (unpaired) electrons. The molecule has 0 aromatic heterocycles. The third-order valence-electron chi connectivity index (χ3n) is 2.70. The van der Waals surface area contributed by atoms with Crippen LogP contribution in [0.2, 0.25) is 0 Å². The van der Waals surface area contributed by atoms with Crippen molar-refractivity contribution in [1.29, 1.82) is 0 Å². The summed E-state index contributed by atoms with van der Waals surface area (Å²) >= 11 is 0. The van der Waals surface area contributed by atoms with Gasteiger partial charge in [-0.1, -0.05) is 0 Å². The van der Waals surface area contributed by atoms with Gasteiger partial charge in [-0.2, -0.15) is 0 Å². The van der Waals surface area contributed by atoms with Crippen LogP contribution in [0.1, 0.15) is 26.2 Å². The van der Waals surface area contributed by atoms with E-state index in [1.807, 2.05) is 7.05 Å². The molecule has 4 nitrogen and oxygen atoms in total. The van der Waals surface area contributed by atoms with Gasteiger partial charge >= 0.3 is 5.97 Å². The molecule has 0 amide bonds. The van der Waals surface area contributed by atoms with Gasteiger partial charge in [-0.3, -0.25) is 9.59 Å². The largest absolute Gasteiger partial charge is 0.466 e. The van der Waals surface area contributed by atoms with Crippen LogP contribution in [-0.2, 0) is 14.3 Å². The van der Waals surface area contributed by atoms with E-state index in [4.69, 9.17) is 4.74 Å². The van der Waals surface area contributed by atoms with E-state index < -0.39 is 5.97 Å². The van der Waals surface area contributed by atoms with Gasteiger partial charge in [-0.05, 0) is 33.4 Å². The Kier molecular flexibility index (Phi) is 4.75. The molecule has 0 aliphatic carbocycles. The lowest BCUT2D eigenvalue weighted by molar-refractivity contribution is -0.146. The number of Topliss-reactive ketones (excluding diaryl/α,β-unsaturated/α-hetero) is 1. The lowest BCUT2D eigenvalue weighted by atomic mass is 9.92. The number of esters is 1. The molecule has 1 fully saturated rings. The number of carbonyl (C=O) groups excluding carboxylic acids is 2. The first kappa shape index (κ1) is 12.2. The predicted octanol–water partition coefficient (Wildman–Crippen LogP) is 0.851. The van der Waals surface area contributed by atoms with Crippen molar-refractivity contribution in [2.24, 2.45) is 5.92 Å². The summed E-state index contributed by atoms with van der Waals surface area (Å²) in [6.07, 6.45) is 1.88. The summed E-state index contributed by atoms with van der Waals surface area (Å²) in [6, 6.07) is 0. The number of likely N-dealkylation sites (tertiary alicyclic amines) is 1. The fraction of sp³-hybridized carbons (Fsp3) is 0.818. The maximum absolute atomic E-state index is 11.7. The smallest absolute Gasteiger partial charge is 0.313 e. The summed E-state index contributed by atoms with van der Waals surface area (Å²) in [5, 5.41) is 0. The average Bonchev–Trinajstić information content (AvgIpc) is 2.18. The zero-order valence-corrected chi connectivity index (χ0v) is 9.49. The van der Waals surface area contributed by atoms with Crippen LogP contribution < -0.4 is 0 Å². The molecular formula is C11H19NO3. The van der Waals surface area contributed by atoms with Gasteiger partial charge in [-0.25, -0.2) is 0 Å². The van der Waals surface area contributed by atoms with Crippen molar-refractivity contribution in [3.63, 3.8) is 0 Å². The van der Waals surface area contributed by atoms with Gasteiger partial charge in [-0.15, -0.1) is 0 Å². The highest BCUT2D eigenvalue weighted by atomic mass is 16.5. The molecule has 86 valence electrons. The molecule has 1 aliphatic heterocycles. The summed E-state index contributed by atoms with van der Waals surface area (Å²) in [5.41, 5.74) is 0. The van der Waals surface area contributed by atoms with Crippen molar-refractivity contribution in [1.82, 2.24) is 4.90 Å². The summed E-state index contributed by atoms with van der Waals surface area (Å²) in [7, 11) is 2.00. The fourth-order valence-electron chi connectivity index (χ4n) is 1.93. The number of hydrogen-bond donors (Lipinski definition) is 0. The van der Waals surface area contributed by atoms with Crippen LogP contribution in [0.5, 0.6) is 0 Å². The SMILES string of the molecule is CCOC(=O)CC(=O)C1CCCN(C)C1. The number of rotatable bonds is 4. The number of nitrogens with zero attached hydrogens (tertiary/aromatic N) is 1. The highest BCUT2D eigenvalue weighted by molar-refractivity contribution is 5.96. The van der Waals surface area contributed by atoms with E-state index in [0.717, 1.165) is 25.9 Å². The van der Waals surface area contributed by atoms with Gasteiger partial charge in [0.05, 0.1) is 6.61 Å². The van der Waals surface area contributed by atoms with Crippen LogP contribution in [0.25, 0.3) is 0 Å². The lowest BCUT2D eigenvalue weighted by Crippen LogP contribution is -2.36. The Hall–Kier alpha value is -0.900. The molecule has 15 heavy (non-hydrogen) atoms. The summed E-state index contributed by atoms with van der Waals surface area (Å²) in [4.78, 5) is 25.0. The van der Waals surface area contributed by atoms with E-state index in [9.17, 15) is 9.59 Å². The van der Waals surface area contributed by atoms with Crippen LogP contribution in [0.15, 0.2) is 0 Å². The number of carbonyl (C=O) groups is 2. The van der Waals surface area contributed by atoms with E-state index in [1.165, 1.54) is 0 Å². The topological polar surface area (TPSA) is 46.6 Å². The molecule has 0 spiro atoms. The molecule has 1 saturated heterocycles. The molecule has 1 atom stereocenters. The zero-order chi connectivity index (χ0) is 11.3. The van der Waals surface area contributed by atoms with Crippen LogP contribution >= 0.6 is 0 Å². The average molecular weight is 213 g/mol. The van der Waals surface area contributed by atoms with Crippen molar-refractivity contribution in [3.8, 4) is 0 Å². The second kappa shape index (κ2) is 5.85. The normalized spacial score (nSPS) is 22.4. The Morgan fingerprint density at radius 1 is 1.47 bits per heavy atom. The second-order valence-corrected chi connectivity index (χ2v) is 4.05.